The topological polar surface area (TPSA) is 97.0 Å². The van der Waals surface area contributed by atoms with Crippen LogP contribution in [0.5, 0.6) is 0 Å². The molecule has 3 rings (SSSR count). The molecule has 26 heavy (non-hydrogen) atoms. The highest BCUT2D eigenvalue weighted by Crippen LogP contribution is 2.26. The molecule has 0 aliphatic heterocycles. The number of hydrogen-bond donors (Lipinski definition) is 1. The van der Waals surface area contributed by atoms with Crippen LogP contribution in [-0.4, -0.2) is 46.7 Å². The van der Waals surface area contributed by atoms with Crippen molar-refractivity contribution in [3.05, 3.63) is 30.4 Å². The summed E-state index contributed by atoms with van der Waals surface area (Å²) in [7, 11) is 3.87. The van der Waals surface area contributed by atoms with E-state index in [-0.39, 0.29) is 12.3 Å². The second-order valence-electron chi connectivity index (χ2n) is 6.22. The number of anilines is 1. The Morgan fingerprint density at radius 1 is 1.27 bits per heavy atom. The highest BCUT2D eigenvalue weighted by Gasteiger charge is 2.14. The number of hydrogen-bond acceptors (Lipinski definition) is 7. The predicted octanol–water partition coefficient (Wildman–Crippen LogP) is 2.20. The van der Waals surface area contributed by atoms with Crippen LogP contribution in [0.2, 0.25) is 0 Å². The van der Waals surface area contributed by atoms with Gasteiger partial charge in [0, 0.05) is 31.6 Å². The number of rotatable bonds is 7. The van der Waals surface area contributed by atoms with Crippen LogP contribution in [0.15, 0.2) is 29.0 Å². The minimum absolute atomic E-state index is 0.104. The second-order valence-corrected chi connectivity index (χ2v) is 6.22. The summed E-state index contributed by atoms with van der Waals surface area (Å²) in [4.78, 5) is 26.7. The molecule has 0 saturated carbocycles. The number of carbonyl (C=O) groups is 1. The first-order chi connectivity index (χ1) is 12.6. The maximum atomic E-state index is 11.9. The van der Waals surface area contributed by atoms with Crippen molar-refractivity contribution in [2.24, 2.45) is 0 Å². The zero-order chi connectivity index (χ0) is 18.5. The van der Waals surface area contributed by atoms with Crippen LogP contribution in [0, 0.1) is 0 Å². The van der Waals surface area contributed by atoms with E-state index in [1.54, 1.807) is 0 Å². The number of unbranched alkanes of at least 4 members (excludes halogenated alkanes) is 1. The van der Waals surface area contributed by atoms with E-state index < -0.39 is 0 Å². The molecule has 0 aliphatic carbocycles. The minimum atomic E-state index is -0.104. The molecule has 0 unspecified atom stereocenters. The quantitative estimate of drug-likeness (QED) is 0.650. The summed E-state index contributed by atoms with van der Waals surface area (Å²) in [6.45, 7) is 2.74. The lowest BCUT2D eigenvalue weighted by molar-refractivity contribution is -0.120. The molecule has 0 bridgehead atoms. The normalized spacial score (nSPS) is 10.9. The van der Waals surface area contributed by atoms with Crippen molar-refractivity contribution in [2.75, 3.05) is 25.5 Å². The third-order valence-corrected chi connectivity index (χ3v) is 3.93. The number of carbonyl (C=O) groups excluding carboxylic acids is 1. The van der Waals surface area contributed by atoms with Crippen molar-refractivity contribution in [2.45, 2.75) is 26.2 Å². The summed E-state index contributed by atoms with van der Waals surface area (Å²) in [5.41, 5.74) is 1.55. The van der Waals surface area contributed by atoms with Gasteiger partial charge in [0.1, 0.15) is 12.1 Å². The maximum absolute atomic E-state index is 11.9. The Morgan fingerprint density at radius 2 is 2.12 bits per heavy atom. The minimum Gasteiger partial charge on any atom is -0.362 e. The molecule has 0 spiro atoms. The Morgan fingerprint density at radius 3 is 2.88 bits per heavy atom. The lowest BCUT2D eigenvalue weighted by atomic mass is 10.1. The number of amides is 1. The average molecular weight is 354 g/mol. The first-order valence-corrected chi connectivity index (χ1v) is 8.60. The van der Waals surface area contributed by atoms with Gasteiger partial charge in [-0.1, -0.05) is 18.5 Å². The zero-order valence-corrected chi connectivity index (χ0v) is 15.2. The standard InChI is InChI=1S/C18H22N6O2/c1-4-5-8-19-16(25)10-15-22-18(26-23-15)12-6-7-13-14(9-12)20-11-21-17(13)24(2)3/h6-7,9,11H,4-5,8,10H2,1-3H3,(H,19,25). The zero-order valence-electron chi connectivity index (χ0n) is 15.2. The van der Waals surface area contributed by atoms with Gasteiger partial charge in [-0.15, -0.1) is 0 Å². The smallest absolute Gasteiger partial charge is 0.258 e. The summed E-state index contributed by atoms with van der Waals surface area (Å²) in [5.74, 6) is 1.48. The van der Waals surface area contributed by atoms with E-state index in [2.05, 4.69) is 32.3 Å². The molecular weight excluding hydrogens is 332 g/mol. The molecule has 1 aromatic carbocycles. The van der Waals surface area contributed by atoms with Gasteiger partial charge < -0.3 is 14.7 Å². The molecule has 8 heteroatoms. The van der Waals surface area contributed by atoms with E-state index in [1.807, 2.05) is 37.2 Å². The molecule has 2 heterocycles. The van der Waals surface area contributed by atoms with Crippen LogP contribution in [-0.2, 0) is 11.2 Å². The van der Waals surface area contributed by atoms with Gasteiger partial charge in [0.25, 0.3) is 5.89 Å². The van der Waals surface area contributed by atoms with Gasteiger partial charge in [0.05, 0.1) is 11.9 Å². The predicted molar refractivity (Wildman–Crippen MR) is 98.8 cm³/mol. The van der Waals surface area contributed by atoms with Gasteiger partial charge in [0.2, 0.25) is 5.91 Å². The molecule has 2 aromatic heterocycles. The van der Waals surface area contributed by atoms with E-state index in [9.17, 15) is 4.79 Å². The highest BCUT2D eigenvalue weighted by molar-refractivity contribution is 5.91. The summed E-state index contributed by atoms with van der Waals surface area (Å²) in [5, 5.41) is 7.68. The summed E-state index contributed by atoms with van der Waals surface area (Å²) in [6, 6.07) is 5.70. The fraction of sp³-hybridized carbons (Fsp3) is 0.389. The molecule has 8 nitrogen and oxygen atoms in total. The van der Waals surface area contributed by atoms with Gasteiger partial charge in [-0.3, -0.25) is 4.79 Å². The number of nitrogens with zero attached hydrogens (tertiary/aromatic N) is 5. The van der Waals surface area contributed by atoms with Crippen molar-refractivity contribution < 1.29 is 9.32 Å². The van der Waals surface area contributed by atoms with Gasteiger partial charge in [-0.2, -0.15) is 4.98 Å². The molecule has 0 aliphatic rings. The van der Waals surface area contributed by atoms with Gasteiger partial charge in [0.15, 0.2) is 5.82 Å². The molecule has 136 valence electrons. The van der Waals surface area contributed by atoms with Gasteiger partial charge >= 0.3 is 0 Å². The van der Waals surface area contributed by atoms with Crippen LogP contribution in [0.1, 0.15) is 25.6 Å². The van der Waals surface area contributed by atoms with Crippen LogP contribution < -0.4 is 10.2 Å². The van der Waals surface area contributed by atoms with Crippen molar-refractivity contribution >= 4 is 22.6 Å². The first kappa shape index (κ1) is 17.8. The van der Waals surface area contributed by atoms with Gasteiger partial charge in [-0.05, 0) is 24.6 Å². The van der Waals surface area contributed by atoms with Crippen molar-refractivity contribution in [3.63, 3.8) is 0 Å². The van der Waals surface area contributed by atoms with E-state index in [4.69, 9.17) is 4.52 Å². The summed E-state index contributed by atoms with van der Waals surface area (Å²) in [6.07, 6.45) is 3.62. The lowest BCUT2D eigenvalue weighted by Gasteiger charge is -2.13. The number of fused-ring (bicyclic) bond motifs is 1. The fourth-order valence-electron chi connectivity index (χ4n) is 2.59. The third kappa shape index (κ3) is 3.96. The largest absolute Gasteiger partial charge is 0.362 e. The average Bonchev–Trinajstić information content (AvgIpc) is 3.09. The number of aromatic nitrogens is 4. The Labute approximate surface area is 151 Å². The Bertz CT molecular complexity index is 906. The Balaban J connectivity index is 1.78. The van der Waals surface area contributed by atoms with Crippen molar-refractivity contribution in [1.82, 2.24) is 25.4 Å². The third-order valence-electron chi connectivity index (χ3n) is 3.93. The maximum Gasteiger partial charge on any atom is 0.258 e. The van der Waals surface area contributed by atoms with Crippen LogP contribution in [0.3, 0.4) is 0 Å². The summed E-state index contributed by atoms with van der Waals surface area (Å²) >= 11 is 0. The van der Waals surface area contributed by atoms with E-state index in [0.29, 0.717) is 18.3 Å². The van der Waals surface area contributed by atoms with E-state index >= 15 is 0 Å². The molecule has 1 N–H and O–H groups in total. The monoisotopic (exact) mass is 354 g/mol. The van der Waals surface area contributed by atoms with Gasteiger partial charge in [-0.25, -0.2) is 9.97 Å². The van der Waals surface area contributed by atoms with E-state index in [0.717, 1.165) is 35.1 Å². The highest BCUT2D eigenvalue weighted by atomic mass is 16.5. The molecule has 1 amide bonds. The molecule has 0 radical (unpaired) electrons. The lowest BCUT2D eigenvalue weighted by Crippen LogP contribution is -2.26. The molecule has 0 atom stereocenters. The van der Waals surface area contributed by atoms with Crippen LogP contribution in [0.4, 0.5) is 5.82 Å². The molecule has 0 saturated heterocycles. The van der Waals surface area contributed by atoms with Crippen molar-refractivity contribution in [1.29, 1.82) is 0 Å². The molecule has 0 fully saturated rings. The SMILES string of the molecule is CCCCNC(=O)Cc1noc(-c2ccc3c(N(C)C)ncnc3c2)n1. The number of nitrogens with one attached hydrogen (secondary N) is 1. The number of benzene rings is 1. The summed E-state index contributed by atoms with van der Waals surface area (Å²) < 4.78 is 5.31. The van der Waals surface area contributed by atoms with Crippen LogP contribution in [0.25, 0.3) is 22.4 Å². The first-order valence-electron chi connectivity index (χ1n) is 8.60. The Kier molecular flexibility index (Phi) is 5.40. The van der Waals surface area contributed by atoms with Crippen molar-refractivity contribution in [3.8, 4) is 11.5 Å². The fourth-order valence-corrected chi connectivity index (χ4v) is 2.59. The molecular formula is C18H22N6O2. The Hall–Kier alpha value is -3.03. The second kappa shape index (κ2) is 7.90. The molecule has 3 aromatic rings. The van der Waals surface area contributed by atoms with Crippen LogP contribution >= 0.6 is 0 Å². The van der Waals surface area contributed by atoms with E-state index in [1.165, 1.54) is 6.33 Å².